The number of benzene rings is 2. The molecule has 2 atom stereocenters. The van der Waals surface area contributed by atoms with E-state index in [4.69, 9.17) is 30.1 Å². The summed E-state index contributed by atoms with van der Waals surface area (Å²) in [7, 11) is 3.32. The molecule has 2 aliphatic rings. The minimum absolute atomic E-state index is 0.0953. The summed E-state index contributed by atoms with van der Waals surface area (Å²) in [5.41, 5.74) is 8.47. The smallest absolute Gasteiger partial charge is 0.490 e. The molecular formula is C28H31F4N5O5. The first-order valence-electron chi connectivity index (χ1n) is 13.2. The minimum Gasteiger partial charge on any atom is -0.497 e. The second kappa shape index (κ2) is 12.7. The molecule has 2 aromatic carbocycles. The molecule has 14 heteroatoms. The van der Waals surface area contributed by atoms with Crippen LogP contribution in [0.15, 0.2) is 30.3 Å². The molecule has 0 saturated carbocycles. The van der Waals surface area contributed by atoms with Gasteiger partial charge >= 0.3 is 12.1 Å². The number of fused-ring (bicyclic) bond motifs is 2. The topological polar surface area (TPSA) is 140 Å². The Bertz CT molecular complexity index is 1470. The molecule has 4 N–H and O–H groups in total. The number of carboxylic acids is 1. The third kappa shape index (κ3) is 6.92. The van der Waals surface area contributed by atoms with Gasteiger partial charge in [0.25, 0.3) is 0 Å². The molecule has 0 bridgehead atoms. The second-order valence-corrected chi connectivity index (χ2v) is 10.0. The predicted octanol–water partition coefficient (Wildman–Crippen LogP) is 4.09. The van der Waals surface area contributed by atoms with E-state index in [0.29, 0.717) is 35.8 Å². The highest BCUT2D eigenvalue weighted by Crippen LogP contribution is 2.36. The molecule has 3 aromatic rings. The van der Waals surface area contributed by atoms with E-state index in [-0.39, 0.29) is 23.7 Å². The van der Waals surface area contributed by atoms with E-state index < -0.39 is 12.1 Å². The van der Waals surface area contributed by atoms with Gasteiger partial charge in [0.05, 0.1) is 31.0 Å². The number of nitrogens with two attached hydrogens (primary N) is 1. The molecule has 0 spiro atoms. The van der Waals surface area contributed by atoms with Crippen molar-refractivity contribution < 1.29 is 41.7 Å². The fraction of sp³-hybridized carbons (Fsp3) is 0.429. The number of aliphatic carboxylic acids is 1. The van der Waals surface area contributed by atoms with Gasteiger partial charge in [0.1, 0.15) is 23.1 Å². The number of alkyl halides is 3. The molecule has 1 amide bonds. The minimum atomic E-state index is -5.08. The molecule has 1 aliphatic carbocycles. The van der Waals surface area contributed by atoms with Crippen LogP contribution in [0.5, 0.6) is 11.5 Å². The van der Waals surface area contributed by atoms with Crippen LogP contribution in [0, 0.1) is 11.7 Å². The first-order chi connectivity index (χ1) is 19.9. The van der Waals surface area contributed by atoms with E-state index >= 15 is 0 Å². The van der Waals surface area contributed by atoms with E-state index in [0.717, 1.165) is 49.2 Å². The average Bonchev–Trinajstić information content (AvgIpc) is 2.96. The quantitative estimate of drug-likeness (QED) is 0.361. The number of nitrogens with zero attached hydrogens (tertiary/aromatic N) is 3. The predicted molar refractivity (Wildman–Crippen MR) is 146 cm³/mol. The summed E-state index contributed by atoms with van der Waals surface area (Å²) in [5, 5.41) is 11.0. The molecule has 1 fully saturated rings. The second-order valence-electron chi connectivity index (χ2n) is 10.0. The SMILES string of the molecule is COc1cc2c(c(OC)c1)CCC(Nc1nc(N3CCCC(C(N)=O)C3)c3c(F)cccc3n1)C2.O=C(O)C(F)(F)F. The van der Waals surface area contributed by atoms with Crippen molar-refractivity contribution in [3.05, 3.63) is 47.3 Å². The molecule has 42 heavy (non-hydrogen) atoms. The Hall–Kier alpha value is -4.36. The lowest BCUT2D eigenvalue weighted by Gasteiger charge is -2.33. The van der Waals surface area contributed by atoms with E-state index in [1.54, 1.807) is 26.4 Å². The van der Waals surface area contributed by atoms with E-state index in [1.807, 2.05) is 17.0 Å². The first-order valence-corrected chi connectivity index (χ1v) is 13.2. The van der Waals surface area contributed by atoms with Crippen LogP contribution < -0.4 is 25.4 Å². The molecule has 5 rings (SSSR count). The number of piperidine rings is 1. The summed E-state index contributed by atoms with van der Waals surface area (Å²) in [4.78, 5) is 32.1. The molecule has 2 heterocycles. The number of ether oxygens (including phenoxy) is 2. The monoisotopic (exact) mass is 593 g/mol. The number of hydrogen-bond donors (Lipinski definition) is 3. The van der Waals surface area contributed by atoms with Gasteiger partial charge in [-0.25, -0.2) is 14.2 Å². The number of rotatable bonds is 6. The molecular weight excluding hydrogens is 562 g/mol. The van der Waals surface area contributed by atoms with Crippen LogP contribution in [0.1, 0.15) is 30.4 Å². The standard InChI is InChI=1S/C26H30FN5O3.C2HF3O2/c1-34-18-12-16-11-17(8-9-19(16)22(13-18)35-2)29-26-30-21-7-3-6-20(27)23(21)25(31-26)32-10-4-5-15(14-32)24(28)33;3-2(4,5)1(6)7/h3,6-7,12-13,15,17H,4-5,8-11,14H2,1-2H3,(H2,28,33)(H,29,30,31);(H,6,7). The van der Waals surface area contributed by atoms with Crippen molar-refractivity contribution >= 4 is 34.5 Å². The number of carbonyl (C=O) groups is 2. The van der Waals surface area contributed by atoms with Gasteiger partial charge in [0, 0.05) is 25.2 Å². The van der Waals surface area contributed by atoms with Crippen LogP contribution in [0.2, 0.25) is 0 Å². The lowest BCUT2D eigenvalue weighted by molar-refractivity contribution is -0.192. The van der Waals surface area contributed by atoms with Crippen molar-refractivity contribution in [3.8, 4) is 11.5 Å². The van der Waals surface area contributed by atoms with Gasteiger partial charge in [-0.1, -0.05) is 6.07 Å². The van der Waals surface area contributed by atoms with Crippen molar-refractivity contribution in [2.75, 3.05) is 37.5 Å². The number of hydrogen-bond acceptors (Lipinski definition) is 8. The Kier molecular flexibility index (Phi) is 9.22. The number of carboxylic acid groups (broad SMARTS) is 1. The molecule has 10 nitrogen and oxygen atoms in total. The zero-order chi connectivity index (χ0) is 30.6. The number of nitrogens with one attached hydrogen (secondary N) is 1. The zero-order valence-electron chi connectivity index (χ0n) is 23.0. The molecule has 226 valence electrons. The zero-order valence-corrected chi connectivity index (χ0v) is 23.0. The highest BCUT2D eigenvalue weighted by molar-refractivity contribution is 5.91. The van der Waals surface area contributed by atoms with E-state index in [1.165, 1.54) is 11.6 Å². The number of primary amides is 1. The number of anilines is 2. The molecule has 0 radical (unpaired) electrons. The molecule has 1 aromatic heterocycles. The maximum atomic E-state index is 14.9. The van der Waals surface area contributed by atoms with Crippen LogP contribution >= 0.6 is 0 Å². The lowest BCUT2D eigenvalue weighted by atomic mass is 9.87. The number of carbonyl (C=O) groups excluding carboxylic acids is 1. The highest BCUT2D eigenvalue weighted by Gasteiger charge is 2.38. The van der Waals surface area contributed by atoms with Gasteiger partial charge in [-0.05, 0) is 61.4 Å². The normalized spacial score (nSPS) is 18.4. The number of aromatic nitrogens is 2. The summed E-state index contributed by atoms with van der Waals surface area (Å²) in [6.45, 7) is 1.10. The van der Waals surface area contributed by atoms with Crippen LogP contribution in [0.3, 0.4) is 0 Å². The summed E-state index contributed by atoms with van der Waals surface area (Å²) in [5.74, 6) is -1.20. The van der Waals surface area contributed by atoms with Gasteiger partial charge in [0.15, 0.2) is 0 Å². The number of halogens is 4. The fourth-order valence-corrected chi connectivity index (χ4v) is 5.25. The van der Waals surface area contributed by atoms with Crippen molar-refractivity contribution in [1.29, 1.82) is 0 Å². The summed E-state index contributed by atoms with van der Waals surface area (Å²) >= 11 is 0. The fourth-order valence-electron chi connectivity index (χ4n) is 5.25. The van der Waals surface area contributed by atoms with Gasteiger partial charge < -0.3 is 30.5 Å². The Morgan fingerprint density at radius 3 is 2.52 bits per heavy atom. The average molecular weight is 594 g/mol. The van der Waals surface area contributed by atoms with Crippen LogP contribution in [0.4, 0.5) is 29.3 Å². The molecule has 2 unspecified atom stereocenters. The van der Waals surface area contributed by atoms with Crippen molar-refractivity contribution in [2.45, 2.75) is 44.3 Å². The van der Waals surface area contributed by atoms with E-state index in [9.17, 15) is 22.4 Å². The van der Waals surface area contributed by atoms with Gasteiger partial charge in [-0.2, -0.15) is 18.2 Å². The van der Waals surface area contributed by atoms with Crippen molar-refractivity contribution in [3.63, 3.8) is 0 Å². The Labute approximate surface area is 238 Å². The maximum Gasteiger partial charge on any atom is 0.490 e. The summed E-state index contributed by atoms with van der Waals surface area (Å²) in [6.07, 6.45) is -1.07. The molecule has 1 saturated heterocycles. The summed E-state index contributed by atoms with van der Waals surface area (Å²) in [6, 6.07) is 8.91. The van der Waals surface area contributed by atoms with E-state index in [2.05, 4.69) is 10.3 Å². The van der Waals surface area contributed by atoms with Gasteiger partial charge in [-0.15, -0.1) is 0 Å². The van der Waals surface area contributed by atoms with Crippen molar-refractivity contribution in [1.82, 2.24) is 9.97 Å². The highest BCUT2D eigenvalue weighted by atomic mass is 19.4. The number of methoxy groups -OCH3 is 2. The summed E-state index contributed by atoms with van der Waals surface area (Å²) < 4.78 is 57.7. The Morgan fingerprint density at radius 1 is 1.14 bits per heavy atom. The van der Waals surface area contributed by atoms with Crippen LogP contribution in [-0.2, 0) is 22.4 Å². The number of amides is 1. The van der Waals surface area contributed by atoms with Gasteiger partial charge in [0.2, 0.25) is 11.9 Å². The van der Waals surface area contributed by atoms with Crippen LogP contribution in [-0.4, -0.2) is 66.5 Å². The van der Waals surface area contributed by atoms with Crippen molar-refractivity contribution in [2.24, 2.45) is 11.7 Å². The maximum absolute atomic E-state index is 14.9. The Balaban J connectivity index is 0.000000517. The largest absolute Gasteiger partial charge is 0.497 e. The molecule has 1 aliphatic heterocycles. The first kappa shape index (κ1) is 30.6. The Morgan fingerprint density at radius 2 is 1.88 bits per heavy atom. The lowest BCUT2D eigenvalue weighted by Crippen LogP contribution is -2.41. The third-order valence-electron chi connectivity index (χ3n) is 7.29. The third-order valence-corrected chi connectivity index (χ3v) is 7.29. The van der Waals surface area contributed by atoms with Gasteiger partial charge in [-0.3, -0.25) is 4.79 Å². The van der Waals surface area contributed by atoms with Crippen LogP contribution in [0.25, 0.3) is 10.9 Å².